The molecule has 1 aliphatic carbocycles. The lowest BCUT2D eigenvalue weighted by atomic mass is 9.79. The minimum Gasteiger partial charge on any atom is -0.471 e. The summed E-state index contributed by atoms with van der Waals surface area (Å²) in [5.41, 5.74) is -1.99. The fraction of sp³-hybridized carbons (Fsp3) is 0.812. The van der Waals surface area contributed by atoms with Crippen LogP contribution in [0.15, 0.2) is 11.8 Å². The number of aliphatic hydroxyl groups is 6. The van der Waals surface area contributed by atoms with Crippen LogP contribution in [0.2, 0.25) is 0 Å². The molecule has 2 heterocycles. The first-order chi connectivity index (χ1) is 12.2. The average molecular weight is 376 g/mol. The molecule has 1 saturated heterocycles. The summed E-state index contributed by atoms with van der Waals surface area (Å²) in [6.07, 6.45) is -8.23. The molecule has 0 aromatic heterocycles. The Labute approximate surface area is 149 Å². The van der Waals surface area contributed by atoms with E-state index in [4.69, 9.17) is 14.2 Å². The van der Waals surface area contributed by atoms with Crippen LogP contribution < -0.4 is 0 Å². The number of ether oxygens (including phenoxy) is 3. The van der Waals surface area contributed by atoms with Crippen LogP contribution in [-0.4, -0.2) is 92.2 Å². The van der Waals surface area contributed by atoms with E-state index in [1.807, 2.05) is 0 Å². The molecule has 2 unspecified atom stereocenters. The number of hydrogen-bond donors (Lipinski definition) is 6. The van der Waals surface area contributed by atoms with Crippen molar-refractivity contribution in [1.82, 2.24) is 0 Å². The first-order valence-electron chi connectivity index (χ1n) is 8.43. The molecule has 0 amide bonds. The van der Waals surface area contributed by atoms with Gasteiger partial charge in [0.15, 0.2) is 12.6 Å². The van der Waals surface area contributed by atoms with Crippen molar-refractivity contribution in [2.75, 3.05) is 6.61 Å². The standard InChI is InChI=1S/C16H24O10/c1-6-2-9(19)16(23)7(3-17)5-24-14(10(6)16)26-15-13(22)12(21)11(20)8(4-18)25-15/h3,5-6,8-15,18-23H,2,4H2,1H3/t6?,8-,9-,10?,11-,12+,13-,14+,15+,16-/m1/s1. The topological polar surface area (TPSA) is 166 Å². The third-order valence-electron chi connectivity index (χ3n) is 5.55. The molecule has 10 atom stereocenters. The number of carbonyl (C=O) groups excluding carboxylic acids is 1. The quantitative estimate of drug-likeness (QED) is 0.278. The maximum atomic E-state index is 11.3. The van der Waals surface area contributed by atoms with Crippen LogP contribution in [0.25, 0.3) is 0 Å². The van der Waals surface area contributed by atoms with E-state index in [9.17, 15) is 35.4 Å². The minimum absolute atomic E-state index is 0.118. The highest BCUT2D eigenvalue weighted by Gasteiger charge is 2.61. The summed E-state index contributed by atoms with van der Waals surface area (Å²) < 4.78 is 16.2. The van der Waals surface area contributed by atoms with Gasteiger partial charge in [0.25, 0.3) is 0 Å². The molecule has 6 N–H and O–H groups in total. The summed E-state index contributed by atoms with van der Waals surface area (Å²) >= 11 is 0. The Kier molecular flexibility index (Phi) is 5.39. The molecule has 26 heavy (non-hydrogen) atoms. The molecule has 3 aliphatic rings. The molecule has 10 nitrogen and oxygen atoms in total. The van der Waals surface area contributed by atoms with E-state index < -0.39 is 61.2 Å². The fourth-order valence-electron chi connectivity index (χ4n) is 4.07. The molecule has 0 radical (unpaired) electrons. The summed E-state index contributed by atoms with van der Waals surface area (Å²) in [6.45, 7) is 1.13. The number of hydrogen-bond acceptors (Lipinski definition) is 10. The Morgan fingerprint density at radius 3 is 2.54 bits per heavy atom. The molecule has 0 aromatic carbocycles. The third-order valence-corrected chi connectivity index (χ3v) is 5.55. The number of carbonyl (C=O) groups is 1. The fourth-order valence-corrected chi connectivity index (χ4v) is 4.07. The Morgan fingerprint density at radius 2 is 1.92 bits per heavy atom. The second-order valence-corrected chi connectivity index (χ2v) is 7.11. The average Bonchev–Trinajstić information content (AvgIpc) is 2.85. The highest BCUT2D eigenvalue weighted by Crippen LogP contribution is 2.49. The minimum atomic E-state index is -1.88. The van der Waals surface area contributed by atoms with Gasteiger partial charge in [0, 0.05) is 0 Å². The van der Waals surface area contributed by atoms with Gasteiger partial charge in [0.1, 0.15) is 30.0 Å². The summed E-state index contributed by atoms with van der Waals surface area (Å²) in [4.78, 5) is 11.3. The first-order valence-corrected chi connectivity index (χ1v) is 8.43. The van der Waals surface area contributed by atoms with Gasteiger partial charge < -0.3 is 44.8 Å². The maximum absolute atomic E-state index is 11.3. The van der Waals surface area contributed by atoms with Gasteiger partial charge in [-0.25, -0.2) is 0 Å². The van der Waals surface area contributed by atoms with Crippen LogP contribution in [0.4, 0.5) is 0 Å². The smallest absolute Gasteiger partial charge is 0.208 e. The third kappa shape index (κ3) is 2.86. The highest BCUT2D eigenvalue weighted by molar-refractivity contribution is 5.77. The lowest BCUT2D eigenvalue weighted by Gasteiger charge is -2.45. The van der Waals surface area contributed by atoms with Crippen LogP contribution in [0.5, 0.6) is 0 Å². The van der Waals surface area contributed by atoms with Gasteiger partial charge in [-0.3, -0.25) is 4.79 Å². The monoisotopic (exact) mass is 376 g/mol. The van der Waals surface area contributed by atoms with Crippen LogP contribution in [0.1, 0.15) is 13.3 Å². The van der Waals surface area contributed by atoms with Gasteiger partial charge in [-0.2, -0.15) is 0 Å². The van der Waals surface area contributed by atoms with E-state index in [1.165, 1.54) is 0 Å². The zero-order chi connectivity index (χ0) is 19.2. The molecular formula is C16H24O10. The SMILES string of the molecule is CC1C[C@@H](O)[C@]2(O)C(C=O)=CO[C@@H](O[C@@H]3O[C@H](CO)[C@@H](O)[C@H](O)[C@H]3O)C12. The number of aldehydes is 1. The first kappa shape index (κ1) is 19.6. The van der Waals surface area contributed by atoms with E-state index in [-0.39, 0.29) is 17.9 Å². The lowest BCUT2D eigenvalue weighted by Crippen LogP contribution is -2.61. The van der Waals surface area contributed by atoms with Crippen molar-refractivity contribution in [3.05, 3.63) is 11.8 Å². The molecule has 1 saturated carbocycles. The van der Waals surface area contributed by atoms with Crippen molar-refractivity contribution in [3.63, 3.8) is 0 Å². The largest absolute Gasteiger partial charge is 0.471 e. The normalized spacial score (nSPS) is 51.3. The van der Waals surface area contributed by atoms with Crippen molar-refractivity contribution in [3.8, 4) is 0 Å². The van der Waals surface area contributed by atoms with Gasteiger partial charge in [0.05, 0.1) is 30.5 Å². The zero-order valence-corrected chi connectivity index (χ0v) is 14.1. The van der Waals surface area contributed by atoms with Crippen LogP contribution in [-0.2, 0) is 19.0 Å². The molecule has 10 heteroatoms. The Hall–Kier alpha value is -1.11. The summed E-state index contributed by atoms with van der Waals surface area (Å²) in [5, 5.41) is 60.2. The van der Waals surface area contributed by atoms with E-state index in [1.54, 1.807) is 6.92 Å². The van der Waals surface area contributed by atoms with Gasteiger partial charge in [-0.1, -0.05) is 6.92 Å². The number of fused-ring (bicyclic) bond motifs is 1. The van der Waals surface area contributed by atoms with Crippen molar-refractivity contribution in [2.45, 2.75) is 62.0 Å². The lowest BCUT2D eigenvalue weighted by molar-refractivity contribution is -0.347. The molecule has 148 valence electrons. The van der Waals surface area contributed by atoms with Crippen molar-refractivity contribution in [1.29, 1.82) is 0 Å². The molecule has 2 fully saturated rings. The second kappa shape index (κ2) is 7.13. The van der Waals surface area contributed by atoms with Crippen LogP contribution in [0.3, 0.4) is 0 Å². The molecule has 0 spiro atoms. The Balaban J connectivity index is 1.84. The number of aliphatic hydroxyl groups excluding tert-OH is 5. The number of rotatable bonds is 4. The van der Waals surface area contributed by atoms with E-state index in [0.717, 1.165) is 6.26 Å². The highest BCUT2D eigenvalue weighted by atomic mass is 16.8. The summed E-state index contributed by atoms with van der Waals surface area (Å²) in [6, 6.07) is 0. The second-order valence-electron chi connectivity index (χ2n) is 7.11. The van der Waals surface area contributed by atoms with Gasteiger partial charge in [-0.15, -0.1) is 0 Å². The zero-order valence-electron chi connectivity index (χ0n) is 14.1. The van der Waals surface area contributed by atoms with Crippen molar-refractivity contribution < 1.29 is 49.6 Å². The van der Waals surface area contributed by atoms with Gasteiger partial charge in [-0.05, 0) is 12.3 Å². The predicted molar refractivity (Wildman–Crippen MR) is 82.1 cm³/mol. The molecule has 3 rings (SSSR count). The summed E-state index contributed by atoms with van der Waals surface area (Å²) in [5.74, 6) is -1.14. The molecule has 2 aliphatic heterocycles. The molecular weight excluding hydrogens is 352 g/mol. The Bertz CT molecular complexity index is 565. The van der Waals surface area contributed by atoms with Crippen LogP contribution in [0, 0.1) is 11.8 Å². The summed E-state index contributed by atoms with van der Waals surface area (Å²) in [7, 11) is 0. The van der Waals surface area contributed by atoms with E-state index >= 15 is 0 Å². The van der Waals surface area contributed by atoms with Crippen molar-refractivity contribution >= 4 is 6.29 Å². The van der Waals surface area contributed by atoms with Gasteiger partial charge in [0.2, 0.25) is 6.29 Å². The van der Waals surface area contributed by atoms with Gasteiger partial charge >= 0.3 is 0 Å². The Morgan fingerprint density at radius 1 is 1.23 bits per heavy atom. The van der Waals surface area contributed by atoms with Crippen molar-refractivity contribution in [2.24, 2.45) is 11.8 Å². The van der Waals surface area contributed by atoms with E-state index in [0.29, 0.717) is 6.29 Å². The van der Waals surface area contributed by atoms with E-state index in [2.05, 4.69) is 0 Å². The predicted octanol–water partition coefficient (Wildman–Crippen LogP) is -3.01. The maximum Gasteiger partial charge on any atom is 0.208 e. The molecule has 0 aromatic rings. The van der Waals surface area contributed by atoms with Crippen LogP contribution >= 0.6 is 0 Å². The molecule has 0 bridgehead atoms.